The molecule has 0 aliphatic carbocycles. The van der Waals surface area contributed by atoms with Crippen molar-refractivity contribution in [1.29, 1.82) is 0 Å². The second kappa shape index (κ2) is 6.10. The number of halogens is 2. The molecule has 0 atom stereocenters. The van der Waals surface area contributed by atoms with Gasteiger partial charge < -0.3 is 14.7 Å². The molecule has 1 aromatic rings. The molecule has 0 saturated carbocycles. The predicted octanol–water partition coefficient (Wildman–Crippen LogP) is 3.04. The van der Waals surface area contributed by atoms with E-state index in [1.807, 2.05) is 0 Å². The van der Waals surface area contributed by atoms with Crippen LogP contribution in [0.4, 0.5) is 0 Å². The van der Waals surface area contributed by atoms with E-state index >= 15 is 0 Å². The van der Waals surface area contributed by atoms with E-state index in [4.69, 9.17) is 14.7 Å². The van der Waals surface area contributed by atoms with Crippen LogP contribution in [-0.4, -0.2) is 30.5 Å². The number of alkyl halides is 1. The fourth-order valence-electron chi connectivity index (χ4n) is 1.23. The predicted molar refractivity (Wildman–Crippen MR) is 69.4 cm³/mol. The topological polar surface area (TPSA) is 51.0 Å². The molecule has 0 aliphatic rings. The van der Waals surface area contributed by atoms with Crippen molar-refractivity contribution in [3.8, 4) is 11.5 Å². The monoisotopic (exact) mass is 351 g/mol. The van der Waals surface area contributed by atoms with Crippen LogP contribution in [0.3, 0.4) is 0 Å². The third kappa shape index (κ3) is 2.68. The van der Waals surface area contributed by atoms with Crippen molar-refractivity contribution >= 4 is 37.6 Å². The molecule has 4 nitrogen and oxygen atoms in total. The van der Waals surface area contributed by atoms with E-state index < -0.39 is 0 Å². The first kappa shape index (κ1) is 13.3. The average molecular weight is 353 g/mol. The van der Waals surface area contributed by atoms with Gasteiger partial charge in [0.1, 0.15) is 0 Å². The van der Waals surface area contributed by atoms with E-state index in [1.165, 1.54) is 0 Å². The fraction of sp³-hybridized carbons (Fsp3) is 0.300. The highest BCUT2D eigenvalue weighted by molar-refractivity contribution is 9.10. The lowest BCUT2D eigenvalue weighted by molar-refractivity contribution is 0.319. The van der Waals surface area contributed by atoms with Crippen LogP contribution in [0, 0.1) is 0 Å². The van der Waals surface area contributed by atoms with Crippen LogP contribution in [0.2, 0.25) is 0 Å². The van der Waals surface area contributed by atoms with Crippen molar-refractivity contribution in [1.82, 2.24) is 0 Å². The summed E-state index contributed by atoms with van der Waals surface area (Å²) in [6, 6.07) is 3.52. The van der Waals surface area contributed by atoms with E-state index in [9.17, 15) is 0 Å². The van der Waals surface area contributed by atoms with E-state index in [0.29, 0.717) is 22.5 Å². The zero-order valence-electron chi connectivity index (χ0n) is 8.83. The van der Waals surface area contributed by atoms with Crippen LogP contribution >= 0.6 is 31.9 Å². The van der Waals surface area contributed by atoms with Gasteiger partial charge in [0, 0.05) is 15.4 Å². The van der Waals surface area contributed by atoms with Gasteiger partial charge in [0.15, 0.2) is 11.5 Å². The third-order valence-corrected chi connectivity index (χ3v) is 3.22. The minimum atomic E-state index is 0.442. The van der Waals surface area contributed by atoms with Crippen molar-refractivity contribution in [2.75, 3.05) is 19.5 Å². The molecule has 0 heterocycles. The highest BCUT2D eigenvalue weighted by Crippen LogP contribution is 2.33. The number of ether oxygens (including phenoxy) is 2. The number of methoxy groups -OCH3 is 2. The minimum absolute atomic E-state index is 0.442. The van der Waals surface area contributed by atoms with E-state index in [0.717, 1.165) is 10.0 Å². The van der Waals surface area contributed by atoms with Crippen LogP contribution in [0.25, 0.3) is 0 Å². The van der Waals surface area contributed by atoms with Crippen LogP contribution in [0.1, 0.15) is 5.56 Å². The standard InChI is InChI=1S/C10H11Br2NO3/c1-15-9-3-6(8(5-11)13-14)7(12)4-10(9)16-2/h3-4,14H,5H2,1-2H3/b13-8+. The lowest BCUT2D eigenvalue weighted by Crippen LogP contribution is -2.04. The first-order valence-corrected chi connectivity index (χ1v) is 6.28. The van der Waals surface area contributed by atoms with Crippen molar-refractivity contribution in [2.24, 2.45) is 5.16 Å². The highest BCUT2D eigenvalue weighted by atomic mass is 79.9. The Balaban J connectivity index is 3.31. The molecule has 0 amide bonds. The molecule has 6 heteroatoms. The Kier molecular flexibility index (Phi) is 5.08. The zero-order valence-corrected chi connectivity index (χ0v) is 12.0. The van der Waals surface area contributed by atoms with Gasteiger partial charge in [-0.2, -0.15) is 0 Å². The van der Waals surface area contributed by atoms with Crippen molar-refractivity contribution in [3.05, 3.63) is 22.2 Å². The van der Waals surface area contributed by atoms with Crippen LogP contribution in [0.5, 0.6) is 11.5 Å². The SMILES string of the molecule is COc1cc(Br)c(/C(CBr)=N/O)cc1OC. The third-order valence-electron chi connectivity index (χ3n) is 2.03. The molecule has 0 radical (unpaired) electrons. The summed E-state index contributed by atoms with van der Waals surface area (Å²) >= 11 is 6.63. The Morgan fingerprint density at radius 3 is 2.31 bits per heavy atom. The summed E-state index contributed by atoms with van der Waals surface area (Å²) in [5, 5.41) is 12.5. The molecule has 1 aromatic carbocycles. The largest absolute Gasteiger partial charge is 0.493 e. The number of hydrogen-bond donors (Lipinski definition) is 1. The van der Waals surface area contributed by atoms with E-state index in [2.05, 4.69) is 37.0 Å². The molecular weight excluding hydrogens is 342 g/mol. The normalized spacial score (nSPS) is 11.4. The Hall–Kier alpha value is -0.750. The Bertz CT molecular complexity index is 407. The van der Waals surface area contributed by atoms with Gasteiger partial charge in [-0.25, -0.2) is 0 Å². The van der Waals surface area contributed by atoms with Gasteiger partial charge in [0.2, 0.25) is 0 Å². The molecule has 0 saturated heterocycles. The summed E-state index contributed by atoms with van der Waals surface area (Å²) in [6.45, 7) is 0. The summed E-state index contributed by atoms with van der Waals surface area (Å²) in [5.74, 6) is 1.20. The maximum Gasteiger partial charge on any atom is 0.161 e. The molecule has 16 heavy (non-hydrogen) atoms. The second-order valence-corrected chi connectivity index (χ2v) is 4.28. The quantitative estimate of drug-likeness (QED) is 0.392. The average Bonchev–Trinajstić information content (AvgIpc) is 2.32. The summed E-state index contributed by atoms with van der Waals surface area (Å²) in [5.41, 5.74) is 1.25. The Labute approximate surface area is 110 Å². The Morgan fingerprint density at radius 2 is 1.88 bits per heavy atom. The lowest BCUT2D eigenvalue weighted by Gasteiger charge is -2.11. The summed E-state index contributed by atoms with van der Waals surface area (Å²) < 4.78 is 11.1. The molecule has 0 aliphatic heterocycles. The second-order valence-electron chi connectivity index (χ2n) is 2.87. The van der Waals surface area contributed by atoms with Gasteiger partial charge in [-0.05, 0) is 28.1 Å². The summed E-state index contributed by atoms with van der Waals surface area (Å²) in [7, 11) is 3.12. The molecular formula is C10H11Br2NO3. The Morgan fingerprint density at radius 1 is 1.31 bits per heavy atom. The lowest BCUT2D eigenvalue weighted by atomic mass is 10.1. The highest BCUT2D eigenvalue weighted by Gasteiger charge is 2.13. The number of rotatable bonds is 4. The van der Waals surface area contributed by atoms with E-state index in [-0.39, 0.29) is 0 Å². The zero-order chi connectivity index (χ0) is 12.1. The molecule has 0 bridgehead atoms. The molecule has 1 N–H and O–H groups in total. The van der Waals surface area contributed by atoms with Gasteiger partial charge in [-0.3, -0.25) is 0 Å². The maximum atomic E-state index is 8.86. The minimum Gasteiger partial charge on any atom is -0.493 e. The van der Waals surface area contributed by atoms with Crippen LogP contribution < -0.4 is 9.47 Å². The van der Waals surface area contributed by atoms with Crippen LogP contribution in [-0.2, 0) is 0 Å². The molecule has 0 fully saturated rings. The molecule has 0 spiro atoms. The molecule has 0 aromatic heterocycles. The molecule has 1 rings (SSSR count). The number of benzene rings is 1. The number of oxime groups is 1. The van der Waals surface area contributed by atoms with Crippen molar-refractivity contribution < 1.29 is 14.7 Å². The van der Waals surface area contributed by atoms with Gasteiger partial charge in [0.05, 0.1) is 19.9 Å². The first-order valence-electron chi connectivity index (χ1n) is 4.36. The van der Waals surface area contributed by atoms with Gasteiger partial charge >= 0.3 is 0 Å². The van der Waals surface area contributed by atoms with E-state index in [1.54, 1.807) is 26.4 Å². The maximum absolute atomic E-state index is 8.86. The van der Waals surface area contributed by atoms with Gasteiger partial charge in [-0.1, -0.05) is 21.1 Å². The number of hydrogen-bond acceptors (Lipinski definition) is 4. The fourth-order valence-corrected chi connectivity index (χ4v) is 2.19. The van der Waals surface area contributed by atoms with Crippen molar-refractivity contribution in [3.63, 3.8) is 0 Å². The van der Waals surface area contributed by atoms with Gasteiger partial charge in [0.25, 0.3) is 0 Å². The summed E-state index contributed by atoms with van der Waals surface area (Å²) in [4.78, 5) is 0. The van der Waals surface area contributed by atoms with Crippen LogP contribution in [0.15, 0.2) is 21.8 Å². The molecule has 88 valence electrons. The van der Waals surface area contributed by atoms with Gasteiger partial charge in [-0.15, -0.1) is 0 Å². The first-order chi connectivity index (χ1) is 7.67. The van der Waals surface area contributed by atoms with Crippen molar-refractivity contribution in [2.45, 2.75) is 0 Å². The smallest absolute Gasteiger partial charge is 0.161 e. The summed E-state index contributed by atoms with van der Waals surface area (Å²) in [6.07, 6.45) is 0. The molecule has 0 unspecified atom stereocenters. The number of nitrogens with zero attached hydrogens (tertiary/aromatic N) is 1.